The maximum absolute atomic E-state index is 10.0. The Kier molecular flexibility index (Phi) is 2.56. The van der Waals surface area contributed by atoms with Gasteiger partial charge < -0.3 is 14.8 Å². The summed E-state index contributed by atoms with van der Waals surface area (Å²) < 4.78 is 5.54. The molecule has 0 radical (unpaired) electrons. The molecule has 0 fully saturated rings. The van der Waals surface area contributed by atoms with E-state index in [1.165, 1.54) is 0 Å². The molecule has 2 aromatic heterocycles. The number of fused-ring (bicyclic) bond motifs is 1. The summed E-state index contributed by atoms with van der Waals surface area (Å²) in [6, 6.07) is 5.25. The Balaban J connectivity index is 2.14. The highest BCUT2D eigenvalue weighted by molar-refractivity contribution is 5.86. The van der Waals surface area contributed by atoms with Crippen molar-refractivity contribution in [3.63, 3.8) is 0 Å². The van der Waals surface area contributed by atoms with Crippen LogP contribution < -0.4 is 5.32 Å². The molecule has 0 aliphatic heterocycles. The van der Waals surface area contributed by atoms with Gasteiger partial charge in [0.25, 0.3) is 0 Å². The van der Waals surface area contributed by atoms with Crippen LogP contribution in [0, 0.1) is 6.92 Å². The van der Waals surface area contributed by atoms with Crippen molar-refractivity contribution in [1.82, 2.24) is 15.2 Å². The van der Waals surface area contributed by atoms with E-state index < -0.39 is 0 Å². The van der Waals surface area contributed by atoms with Crippen LogP contribution in [0.25, 0.3) is 22.2 Å². The Morgan fingerprint density at radius 3 is 2.74 bits per heavy atom. The minimum absolute atomic E-state index is 0.126. The number of anilines is 1. The summed E-state index contributed by atoms with van der Waals surface area (Å²) in [5, 5.41) is 21.6. The summed E-state index contributed by atoms with van der Waals surface area (Å²) in [6.45, 7) is 1.86. The third kappa shape index (κ3) is 1.97. The van der Waals surface area contributed by atoms with Gasteiger partial charge >= 0.3 is 0 Å². The normalized spacial score (nSPS) is 10.8. The predicted octanol–water partition coefficient (Wildman–Crippen LogP) is 2.34. The standard InChI is InChI=1S/C13H12N4O2/c1-7-3-8-4-11(18)9(5-12(8)19-7)10-6-15-13(14-2)17-16-10/h3-6,18H,1-2H3,(H,14,15,17). The minimum Gasteiger partial charge on any atom is -0.507 e. The number of benzene rings is 1. The summed E-state index contributed by atoms with van der Waals surface area (Å²) in [5.41, 5.74) is 1.74. The maximum Gasteiger partial charge on any atom is 0.242 e. The van der Waals surface area contributed by atoms with Crippen molar-refractivity contribution in [2.24, 2.45) is 0 Å². The van der Waals surface area contributed by atoms with E-state index in [4.69, 9.17) is 4.42 Å². The molecule has 2 N–H and O–H groups in total. The van der Waals surface area contributed by atoms with E-state index in [0.29, 0.717) is 22.8 Å². The second-order valence-corrected chi connectivity index (χ2v) is 4.18. The number of hydrogen-bond donors (Lipinski definition) is 2. The van der Waals surface area contributed by atoms with Crippen LogP contribution in [-0.4, -0.2) is 27.3 Å². The van der Waals surface area contributed by atoms with Crippen molar-refractivity contribution in [2.45, 2.75) is 6.92 Å². The summed E-state index contributed by atoms with van der Waals surface area (Å²) >= 11 is 0. The maximum atomic E-state index is 10.0. The number of phenols is 1. The van der Waals surface area contributed by atoms with Crippen LogP contribution in [-0.2, 0) is 0 Å². The first-order chi connectivity index (χ1) is 9.17. The molecule has 96 valence electrons. The first kappa shape index (κ1) is 11.5. The monoisotopic (exact) mass is 256 g/mol. The van der Waals surface area contributed by atoms with Gasteiger partial charge in [-0.1, -0.05) is 0 Å². The number of aromatic nitrogens is 3. The molecule has 2 heterocycles. The van der Waals surface area contributed by atoms with Gasteiger partial charge in [-0.25, -0.2) is 4.98 Å². The van der Waals surface area contributed by atoms with E-state index in [1.807, 2.05) is 13.0 Å². The van der Waals surface area contributed by atoms with Crippen LogP contribution in [0.15, 0.2) is 28.8 Å². The van der Waals surface area contributed by atoms with Gasteiger partial charge in [-0.05, 0) is 25.1 Å². The van der Waals surface area contributed by atoms with Gasteiger partial charge in [-0.3, -0.25) is 0 Å². The molecule has 3 aromatic rings. The highest BCUT2D eigenvalue weighted by Gasteiger charge is 2.11. The van der Waals surface area contributed by atoms with Crippen LogP contribution in [0.1, 0.15) is 5.76 Å². The number of aryl methyl sites for hydroxylation is 1. The molecule has 1 aromatic carbocycles. The molecule has 0 atom stereocenters. The molecule has 0 bridgehead atoms. The SMILES string of the molecule is CNc1ncc(-c2cc3oc(C)cc3cc2O)nn1. The third-order valence-electron chi connectivity index (χ3n) is 2.82. The zero-order chi connectivity index (χ0) is 13.4. The number of hydrogen-bond acceptors (Lipinski definition) is 6. The molecule has 0 amide bonds. The smallest absolute Gasteiger partial charge is 0.242 e. The fourth-order valence-corrected chi connectivity index (χ4v) is 1.93. The molecule has 0 spiro atoms. The summed E-state index contributed by atoms with van der Waals surface area (Å²) in [5.74, 6) is 1.35. The number of furan rings is 1. The number of nitrogens with zero attached hydrogens (tertiary/aromatic N) is 3. The molecule has 0 aliphatic carbocycles. The first-order valence-electron chi connectivity index (χ1n) is 5.78. The van der Waals surface area contributed by atoms with Crippen molar-refractivity contribution in [3.8, 4) is 17.0 Å². The van der Waals surface area contributed by atoms with Crippen molar-refractivity contribution in [2.75, 3.05) is 12.4 Å². The zero-order valence-electron chi connectivity index (χ0n) is 10.5. The van der Waals surface area contributed by atoms with Gasteiger partial charge in [-0.2, -0.15) is 0 Å². The lowest BCUT2D eigenvalue weighted by Gasteiger charge is -2.03. The number of phenolic OH excluding ortho intramolecular Hbond substituents is 1. The van der Waals surface area contributed by atoms with E-state index in [1.54, 1.807) is 25.4 Å². The van der Waals surface area contributed by atoms with E-state index in [-0.39, 0.29) is 5.75 Å². The highest BCUT2D eigenvalue weighted by atomic mass is 16.3. The quantitative estimate of drug-likeness (QED) is 0.732. The molecule has 19 heavy (non-hydrogen) atoms. The summed E-state index contributed by atoms with van der Waals surface area (Å²) in [4.78, 5) is 4.07. The van der Waals surface area contributed by atoms with Crippen LogP contribution in [0.5, 0.6) is 5.75 Å². The van der Waals surface area contributed by atoms with E-state index in [9.17, 15) is 5.11 Å². The Morgan fingerprint density at radius 1 is 1.21 bits per heavy atom. The third-order valence-corrected chi connectivity index (χ3v) is 2.82. The molecule has 0 unspecified atom stereocenters. The molecular weight excluding hydrogens is 244 g/mol. The molecule has 0 aliphatic rings. The largest absolute Gasteiger partial charge is 0.507 e. The van der Waals surface area contributed by atoms with Crippen LogP contribution in [0.2, 0.25) is 0 Å². The Morgan fingerprint density at radius 2 is 2.05 bits per heavy atom. The highest BCUT2D eigenvalue weighted by Crippen LogP contribution is 2.33. The van der Waals surface area contributed by atoms with Crippen LogP contribution >= 0.6 is 0 Å². The fraction of sp³-hybridized carbons (Fsp3) is 0.154. The van der Waals surface area contributed by atoms with Crippen molar-refractivity contribution in [1.29, 1.82) is 0 Å². The zero-order valence-corrected chi connectivity index (χ0v) is 10.5. The number of rotatable bonds is 2. The Labute approximate surface area is 109 Å². The van der Waals surface area contributed by atoms with Gasteiger partial charge in [0.05, 0.1) is 6.20 Å². The van der Waals surface area contributed by atoms with E-state index >= 15 is 0 Å². The van der Waals surface area contributed by atoms with Gasteiger partial charge in [0.1, 0.15) is 22.8 Å². The summed E-state index contributed by atoms with van der Waals surface area (Å²) in [6.07, 6.45) is 1.55. The van der Waals surface area contributed by atoms with Crippen molar-refractivity contribution in [3.05, 3.63) is 30.2 Å². The van der Waals surface area contributed by atoms with Gasteiger partial charge in [0, 0.05) is 18.0 Å². The lowest BCUT2D eigenvalue weighted by molar-refractivity contribution is 0.477. The van der Waals surface area contributed by atoms with Gasteiger partial charge in [0.2, 0.25) is 5.95 Å². The fourth-order valence-electron chi connectivity index (χ4n) is 1.93. The van der Waals surface area contributed by atoms with E-state index in [0.717, 1.165) is 11.1 Å². The van der Waals surface area contributed by atoms with Gasteiger partial charge in [0.15, 0.2) is 0 Å². The Hall–Kier alpha value is -2.63. The molecular formula is C13H12N4O2. The first-order valence-corrected chi connectivity index (χ1v) is 5.78. The molecule has 6 nitrogen and oxygen atoms in total. The molecule has 0 saturated heterocycles. The predicted molar refractivity (Wildman–Crippen MR) is 71.0 cm³/mol. The topological polar surface area (TPSA) is 84.1 Å². The second kappa shape index (κ2) is 4.24. The molecule has 0 saturated carbocycles. The number of nitrogens with one attached hydrogen (secondary N) is 1. The lowest BCUT2D eigenvalue weighted by Crippen LogP contribution is -1.98. The lowest BCUT2D eigenvalue weighted by atomic mass is 10.1. The number of aromatic hydroxyl groups is 1. The van der Waals surface area contributed by atoms with Crippen LogP contribution in [0.3, 0.4) is 0 Å². The summed E-state index contributed by atoms with van der Waals surface area (Å²) in [7, 11) is 1.71. The minimum atomic E-state index is 0.126. The van der Waals surface area contributed by atoms with Crippen molar-refractivity contribution < 1.29 is 9.52 Å². The van der Waals surface area contributed by atoms with E-state index in [2.05, 4.69) is 20.5 Å². The van der Waals surface area contributed by atoms with Crippen molar-refractivity contribution >= 4 is 16.9 Å². The second-order valence-electron chi connectivity index (χ2n) is 4.18. The average Bonchev–Trinajstić information content (AvgIpc) is 2.77. The van der Waals surface area contributed by atoms with Crippen LogP contribution in [0.4, 0.5) is 5.95 Å². The molecule has 3 rings (SSSR count). The Bertz CT molecular complexity index is 734. The average molecular weight is 256 g/mol. The molecule has 6 heteroatoms. The van der Waals surface area contributed by atoms with Gasteiger partial charge in [-0.15, -0.1) is 10.2 Å².